The van der Waals surface area contributed by atoms with Crippen LogP contribution in [0.3, 0.4) is 0 Å². The van der Waals surface area contributed by atoms with Crippen LogP contribution in [0.25, 0.3) is 11.0 Å². The van der Waals surface area contributed by atoms with Crippen molar-refractivity contribution >= 4 is 44.7 Å². The first-order chi connectivity index (χ1) is 21.1. The topological polar surface area (TPSA) is 121 Å². The highest BCUT2D eigenvalue weighted by atomic mass is 79.9. The van der Waals surface area contributed by atoms with E-state index in [1.165, 1.54) is 0 Å². The number of benzene rings is 1. The lowest BCUT2D eigenvalue weighted by atomic mass is 9.70. The van der Waals surface area contributed by atoms with E-state index in [4.69, 9.17) is 4.74 Å². The number of aromatic nitrogens is 3. The molecule has 2 bridgehead atoms. The fraction of sp³-hybridized carbons (Fsp3) is 0.594. The molecule has 2 aromatic rings. The van der Waals surface area contributed by atoms with Gasteiger partial charge in [-0.2, -0.15) is 0 Å². The number of alkyl halides is 1. The molecular formula is C32H43BrN6O5. The monoisotopic (exact) mass is 670 g/mol. The van der Waals surface area contributed by atoms with Crippen molar-refractivity contribution in [1.29, 1.82) is 0 Å². The zero-order chi connectivity index (χ0) is 31.8. The molecule has 3 fully saturated rings. The summed E-state index contributed by atoms with van der Waals surface area (Å²) >= 11 is 3.76. The number of carbonyl (C=O) groups excluding carboxylic acids is 3. The predicted molar refractivity (Wildman–Crippen MR) is 169 cm³/mol. The number of rotatable bonds is 14. The van der Waals surface area contributed by atoms with E-state index in [0.29, 0.717) is 31.4 Å². The molecule has 7 atom stereocenters. The van der Waals surface area contributed by atoms with Crippen molar-refractivity contribution in [1.82, 2.24) is 29.7 Å². The van der Waals surface area contributed by atoms with Crippen molar-refractivity contribution < 1.29 is 24.2 Å². The van der Waals surface area contributed by atoms with Crippen molar-refractivity contribution in [3.8, 4) is 0 Å². The number of carbonyl (C=O) groups is 3. The standard InChI is InChI=1S/C32H43BrN6O5/c1-6-13-36(14-7-2)29(41)25-26-30(42)39(21(18-40)16-20(4)5)28(32(26)17-22(33)27(25)44-32)31(43)37(15-8-3)19-38-24-12-10-9-11-23(24)34-35-38/h6,8-12,20-22,25-28,40H,1,3,7,13-19H2,2,4-5H3/t21-,22?,25+,26+,27+,28?,32?/m1/s1. The SMILES string of the molecule is C=CCN(Cn1nnc2ccccc21)C(=O)C1N([C@@H](CO)CC(C)C)C(=O)[C@@H]2[C@H](C(=O)N(CC=C)CCC)[C@H]3OC12CC3Br. The third kappa shape index (κ3) is 5.38. The summed E-state index contributed by atoms with van der Waals surface area (Å²) in [5, 5.41) is 19.1. The molecule has 3 amide bonds. The van der Waals surface area contributed by atoms with E-state index in [2.05, 4.69) is 39.4 Å². The summed E-state index contributed by atoms with van der Waals surface area (Å²) in [5.74, 6) is -2.30. The molecule has 44 heavy (non-hydrogen) atoms. The van der Waals surface area contributed by atoms with Crippen LogP contribution in [0.5, 0.6) is 0 Å². The van der Waals surface area contributed by atoms with E-state index in [1.807, 2.05) is 45.0 Å². The van der Waals surface area contributed by atoms with Crippen molar-refractivity contribution in [2.75, 3.05) is 26.2 Å². The Hall–Kier alpha value is -3.09. The highest BCUT2D eigenvalue weighted by Crippen LogP contribution is 2.61. The molecule has 0 aliphatic carbocycles. The summed E-state index contributed by atoms with van der Waals surface area (Å²) < 4.78 is 8.38. The van der Waals surface area contributed by atoms with Gasteiger partial charge in [0.25, 0.3) is 0 Å². The van der Waals surface area contributed by atoms with Crippen LogP contribution in [-0.2, 0) is 25.8 Å². The highest BCUT2D eigenvalue weighted by Gasteiger charge is 2.77. The lowest BCUT2D eigenvalue weighted by molar-refractivity contribution is -0.153. The van der Waals surface area contributed by atoms with Gasteiger partial charge in [-0.25, -0.2) is 4.68 Å². The lowest BCUT2D eigenvalue weighted by Gasteiger charge is -2.39. The molecule has 1 N–H and O–H groups in total. The zero-order valence-electron chi connectivity index (χ0n) is 25.7. The van der Waals surface area contributed by atoms with Gasteiger partial charge in [0.15, 0.2) is 0 Å². The molecule has 1 aromatic heterocycles. The molecule has 3 aliphatic heterocycles. The van der Waals surface area contributed by atoms with Gasteiger partial charge in [-0.05, 0) is 37.3 Å². The molecule has 5 rings (SSSR count). The smallest absolute Gasteiger partial charge is 0.250 e. The zero-order valence-corrected chi connectivity index (χ0v) is 27.3. The van der Waals surface area contributed by atoms with E-state index >= 15 is 0 Å². The molecule has 0 radical (unpaired) electrons. The molecule has 12 heteroatoms. The van der Waals surface area contributed by atoms with Crippen LogP contribution in [0, 0.1) is 17.8 Å². The number of halogens is 1. The normalized spacial score (nSPS) is 28.0. The van der Waals surface area contributed by atoms with Crippen LogP contribution in [0.15, 0.2) is 49.6 Å². The van der Waals surface area contributed by atoms with E-state index in [1.54, 1.807) is 31.5 Å². The van der Waals surface area contributed by atoms with Gasteiger partial charge in [0.2, 0.25) is 17.7 Å². The number of ether oxygens (including phenoxy) is 1. The fourth-order valence-electron chi connectivity index (χ4n) is 7.50. The Morgan fingerprint density at radius 2 is 1.91 bits per heavy atom. The first-order valence-corrected chi connectivity index (χ1v) is 16.4. The first kappa shape index (κ1) is 32.3. The Morgan fingerprint density at radius 3 is 2.57 bits per heavy atom. The second kappa shape index (κ2) is 13.1. The number of para-hydroxylation sites is 1. The molecular weight excluding hydrogens is 628 g/mol. The maximum Gasteiger partial charge on any atom is 0.250 e. The molecule has 4 heterocycles. The summed E-state index contributed by atoms with van der Waals surface area (Å²) in [4.78, 5) is 48.2. The van der Waals surface area contributed by atoms with Crippen LogP contribution >= 0.6 is 15.9 Å². The summed E-state index contributed by atoms with van der Waals surface area (Å²) in [6, 6.07) is 5.82. The van der Waals surface area contributed by atoms with Crippen molar-refractivity contribution in [3.63, 3.8) is 0 Å². The van der Waals surface area contributed by atoms with Crippen molar-refractivity contribution in [2.24, 2.45) is 17.8 Å². The maximum atomic E-state index is 14.8. The minimum absolute atomic E-state index is 0.0752. The summed E-state index contributed by atoms with van der Waals surface area (Å²) in [6.45, 7) is 14.6. The van der Waals surface area contributed by atoms with Gasteiger partial charge in [-0.15, -0.1) is 18.3 Å². The lowest BCUT2D eigenvalue weighted by Crippen LogP contribution is -2.59. The second-order valence-electron chi connectivity index (χ2n) is 12.5. The Morgan fingerprint density at radius 1 is 1.20 bits per heavy atom. The van der Waals surface area contributed by atoms with Crippen LogP contribution in [0.2, 0.25) is 0 Å². The average Bonchev–Trinajstić information content (AvgIpc) is 3.72. The molecule has 0 saturated carbocycles. The minimum atomic E-state index is -1.24. The number of nitrogens with zero attached hydrogens (tertiary/aromatic N) is 6. The van der Waals surface area contributed by atoms with E-state index < -0.39 is 35.6 Å². The number of amides is 3. The Balaban J connectivity index is 1.59. The fourth-order valence-corrected chi connectivity index (χ4v) is 8.44. The Labute approximate surface area is 267 Å². The number of hydrogen-bond acceptors (Lipinski definition) is 7. The molecule has 3 aliphatic rings. The van der Waals surface area contributed by atoms with Gasteiger partial charge >= 0.3 is 0 Å². The van der Waals surface area contributed by atoms with Crippen LogP contribution in [0.4, 0.5) is 0 Å². The van der Waals surface area contributed by atoms with Crippen LogP contribution < -0.4 is 0 Å². The minimum Gasteiger partial charge on any atom is -0.394 e. The Bertz CT molecular complexity index is 1410. The van der Waals surface area contributed by atoms with E-state index in [0.717, 1.165) is 11.9 Å². The van der Waals surface area contributed by atoms with Crippen LogP contribution in [-0.4, -0.2) is 107 Å². The molecule has 1 aromatic carbocycles. The number of hydrogen-bond donors (Lipinski definition) is 1. The van der Waals surface area contributed by atoms with Gasteiger partial charge < -0.3 is 24.5 Å². The summed E-state index contributed by atoms with van der Waals surface area (Å²) in [6.07, 6.45) is 4.37. The number of aliphatic hydroxyl groups is 1. The number of aliphatic hydroxyl groups excluding tert-OH is 1. The maximum absolute atomic E-state index is 14.8. The Kier molecular flexibility index (Phi) is 9.62. The van der Waals surface area contributed by atoms with Gasteiger partial charge in [-0.1, -0.05) is 66.2 Å². The second-order valence-corrected chi connectivity index (χ2v) is 13.7. The first-order valence-electron chi connectivity index (χ1n) is 15.5. The van der Waals surface area contributed by atoms with E-state index in [9.17, 15) is 19.5 Å². The highest BCUT2D eigenvalue weighted by molar-refractivity contribution is 9.09. The molecule has 1 spiro atoms. The number of fused-ring (bicyclic) bond motifs is 2. The van der Waals surface area contributed by atoms with Gasteiger partial charge in [0.1, 0.15) is 23.8 Å². The van der Waals surface area contributed by atoms with Crippen molar-refractivity contribution in [3.05, 3.63) is 49.6 Å². The van der Waals surface area contributed by atoms with Crippen LogP contribution in [0.1, 0.15) is 40.0 Å². The molecule has 3 unspecified atom stereocenters. The molecule has 11 nitrogen and oxygen atoms in total. The van der Waals surface area contributed by atoms with Gasteiger partial charge in [0, 0.05) is 24.5 Å². The predicted octanol–water partition coefficient (Wildman–Crippen LogP) is 2.98. The van der Waals surface area contributed by atoms with Gasteiger partial charge in [-0.3, -0.25) is 14.4 Å². The quantitative estimate of drug-likeness (QED) is 0.242. The molecule has 3 saturated heterocycles. The van der Waals surface area contributed by atoms with E-state index in [-0.39, 0.29) is 48.3 Å². The third-order valence-corrected chi connectivity index (χ3v) is 9.98. The molecule has 238 valence electrons. The summed E-state index contributed by atoms with van der Waals surface area (Å²) in [5.41, 5.74) is 0.220. The average molecular weight is 672 g/mol. The van der Waals surface area contributed by atoms with Gasteiger partial charge in [0.05, 0.1) is 36.1 Å². The third-order valence-electron chi connectivity index (χ3n) is 9.13. The largest absolute Gasteiger partial charge is 0.394 e. The summed E-state index contributed by atoms with van der Waals surface area (Å²) in [7, 11) is 0. The number of likely N-dealkylation sites (tertiary alicyclic amines) is 1. The van der Waals surface area contributed by atoms with Crippen molar-refractivity contribution in [2.45, 2.75) is 75.3 Å².